The van der Waals surface area contributed by atoms with E-state index in [0.29, 0.717) is 0 Å². The minimum atomic E-state index is -6.59. The van der Waals surface area contributed by atoms with Crippen LogP contribution in [0.25, 0.3) is 0 Å². The van der Waals surface area contributed by atoms with Crippen molar-refractivity contribution in [1.82, 2.24) is 5.32 Å². The van der Waals surface area contributed by atoms with E-state index in [4.69, 9.17) is 0 Å². The highest BCUT2D eigenvalue weighted by Crippen LogP contribution is 2.51. The SMILES string of the molecule is FC(F)C(F)(F)C(F)(F)C(F)(F)CCNCCC(F)(F)C(F)(F)C(F)(F)C(F)F. The smallest absolute Gasteiger partial charge is 0.316 e. The predicted octanol–water partition coefficient (Wildman–Crippen LogP) is 5.70. The van der Waals surface area contributed by atoms with Crippen molar-refractivity contribution in [3.63, 3.8) is 0 Å². The second kappa shape index (κ2) is 8.53. The molecule has 0 spiro atoms. The van der Waals surface area contributed by atoms with Gasteiger partial charge in [0.1, 0.15) is 0 Å². The van der Waals surface area contributed by atoms with Gasteiger partial charge in [0.25, 0.3) is 0 Å². The number of rotatable bonds is 12. The van der Waals surface area contributed by atoms with Crippen LogP contribution in [0.15, 0.2) is 0 Å². The van der Waals surface area contributed by atoms with Gasteiger partial charge in [0.05, 0.1) is 0 Å². The molecule has 0 heterocycles. The van der Waals surface area contributed by atoms with E-state index >= 15 is 0 Å². The minimum Gasteiger partial charge on any atom is -0.316 e. The van der Waals surface area contributed by atoms with Gasteiger partial charge >= 0.3 is 48.4 Å². The summed E-state index contributed by atoms with van der Waals surface area (Å²) in [7, 11) is 0. The second-order valence-electron chi connectivity index (χ2n) is 5.66. The van der Waals surface area contributed by atoms with Crippen molar-refractivity contribution < 1.29 is 70.2 Å². The maximum Gasteiger partial charge on any atom is 0.377 e. The third-order valence-corrected chi connectivity index (χ3v) is 3.54. The highest BCUT2D eigenvalue weighted by molar-refractivity contribution is 4.99. The molecule has 0 aliphatic carbocycles. The summed E-state index contributed by atoms with van der Waals surface area (Å²) < 4.78 is 202. The predicted molar refractivity (Wildman–Crippen MR) is 63.8 cm³/mol. The Hall–Kier alpha value is -1.16. The maximum atomic E-state index is 13.1. The molecule has 0 atom stereocenters. The van der Waals surface area contributed by atoms with Crippen molar-refractivity contribution in [3.05, 3.63) is 0 Å². The van der Waals surface area contributed by atoms with Gasteiger partial charge in [-0.15, -0.1) is 0 Å². The van der Waals surface area contributed by atoms with Crippen LogP contribution in [0.3, 0.4) is 0 Å². The van der Waals surface area contributed by atoms with Crippen molar-refractivity contribution >= 4 is 0 Å². The molecule has 0 saturated carbocycles. The highest BCUT2D eigenvalue weighted by atomic mass is 19.4. The molecule has 0 radical (unpaired) electrons. The Morgan fingerprint density at radius 3 is 0.931 bits per heavy atom. The Morgan fingerprint density at radius 2 is 0.724 bits per heavy atom. The van der Waals surface area contributed by atoms with E-state index < -0.39 is 74.3 Å². The third-order valence-electron chi connectivity index (χ3n) is 3.54. The first-order chi connectivity index (χ1) is 12.6. The first-order valence-electron chi connectivity index (χ1n) is 7.13. The summed E-state index contributed by atoms with van der Waals surface area (Å²) in [6.45, 7) is -3.23. The molecule has 0 aromatic heterocycles. The zero-order valence-electron chi connectivity index (χ0n) is 13.5. The molecular weight excluding hydrogens is 462 g/mol. The van der Waals surface area contributed by atoms with Crippen molar-refractivity contribution in [2.24, 2.45) is 0 Å². The van der Waals surface area contributed by atoms with Crippen LogP contribution in [0.4, 0.5) is 70.2 Å². The van der Waals surface area contributed by atoms with E-state index in [0.717, 1.165) is 0 Å². The molecule has 0 aromatic rings. The molecule has 0 saturated heterocycles. The number of alkyl halides is 16. The van der Waals surface area contributed by atoms with E-state index in [1.54, 1.807) is 0 Å². The van der Waals surface area contributed by atoms with E-state index in [2.05, 4.69) is 0 Å². The van der Waals surface area contributed by atoms with Crippen LogP contribution in [0.5, 0.6) is 0 Å². The summed E-state index contributed by atoms with van der Waals surface area (Å²) in [6.07, 6.45) is -15.2. The van der Waals surface area contributed by atoms with E-state index in [-0.39, 0.29) is 0 Å². The van der Waals surface area contributed by atoms with Gasteiger partial charge in [0, 0.05) is 25.9 Å². The zero-order chi connectivity index (χ0) is 23.7. The number of hydrogen-bond donors (Lipinski definition) is 1. The molecule has 17 heteroatoms. The van der Waals surface area contributed by atoms with Gasteiger partial charge in [0.2, 0.25) is 0 Å². The molecule has 176 valence electrons. The fraction of sp³-hybridized carbons (Fsp3) is 1.00. The molecule has 0 aliphatic heterocycles. The van der Waals surface area contributed by atoms with Crippen molar-refractivity contribution in [1.29, 1.82) is 0 Å². The van der Waals surface area contributed by atoms with Gasteiger partial charge in [-0.05, 0) is 0 Å². The van der Waals surface area contributed by atoms with Crippen LogP contribution >= 0.6 is 0 Å². The topological polar surface area (TPSA) is 12.0 Å². The Morgan fingerprint density at radius 1 is 0.483 bits per heavy atom. The summed E-state index contributed by atoms with van der Waals surface area (Å²) in [4.78, 5) is 0. The number of nitrogens with one attached hydrogen (secondary N) is 1. The van der Waals surface area contributed by atoms with Gasteiger partial charge in [-0.1, -0.05) is 0 Å². The van der Waals surface area contributed by atoms with Crippen LogP contribution in [0, 0.1) is 0 Å². The average molecular weight is 473 g/mol. The number of hydrogen-bond acceptors (Lipinski definition) is 1. The normalized spacial score (nSPS) is 15.5. The molecule has 29 heavy (non-hydrogen) atoms. The largest absolute Gasteiger partial charge is 0.377 e. The summed E-state index contributed by atoms with van der Waals surface area (Å²) in [6, 6.07) is 0. The zero-order valence-corrected chi connectivity index (χ0v) is 13.5. The van der Waals surface area contributed by atoms with Crippen LogP contribution < -0.4 is 5.32 Å². The number of halogens is 16. The molecule has 0 bridgehead atoms. The first kappa shape index (κ1) is 27.8. The summed E-state index contributed by atoms with van der Waals surface area (Å²) in [5.41, 5.74) is 0. The quantitative estimate of drug-likeness (QED) is 0.284. The molecule has 0 amide bonds. The Kier molecular flexibility index (Phi) is 8.19. The highest BCUT2D eigenvalue weighted by Gasteiger charge is 2.75. The molecule has 1 nitrogen and oxygen atoms in total. The van der Waals surface area contributed by atoms with Crippen LogP contribution in [-0.2, 0) is 0 Å². The van der Waals surface area contributed by atoms with Crippen LogP contribution in [0.2, 0.25) is 0 Å². The lowest BCUT2D eigenvalue weighted by molar-refractivity contribution is -0.340. The Labute approximate surface area is 151 Å². The lowest BCUT2D eigenvalue weighted by Crippen LogP contribution is -2.58. The monoisotopic (exact) mass is 473 g/mol. The molecule has 0 rings (SSSR count). The summed E-state index contributed by atoms with van der Waals surface area (Å²) in [5.74, 6) is -37.8. The lowest BCUT2D eigenvalue weighted by atomic mass is 10.0. The van der Waals surface area contributed by atoms with E-state index in [1.807, 2.05) is 0 Å². The third kappa shape index (κ3) is 5.13. The Balaban J connectivity index is 4.92. The van der Waals surface area contributed by atoms with E-state index in [1.165, 1.54) is 5.32 Å². The van der Waals surface area contributed by atoms with Crippen molar-refractivity contribution in [3.8, 4) is 0 Å². The molecule has 0 aromatic carbocycles. The van der Waals surface area contributed by atoms with Crippen molar-refractivity contribution in [2.75, 3.05) is 13.1 Å². The Bertz CT molecular complexity index is 482. The van der Waals surface area contributed by atoms with Gasteiger partial charge in [-0.25, -0.2) is 17.6 Å². The molecule has 0 aliphatic rings. The first-order valence-corrected chi connectivity index (χ1v) is 7.13. The second-order valence-corrected chi connectivity index (χ2v) is 5.66. The summed E-state index contributed by atoms with van der Waals surface area (Å²) in [5, 5.41) is 1.31. The van der Waals surface area contributed by atoms with E-state index in [9.17, 15) is 70.2 Å². The minimum absolute atomic E-state index is 1.31. The van der Waals surface area contributed by atoms with Crippen LogP contribution in [0.1, 0.15) is 12.8 Å². The fourth-order valence-corrected chi connectivity index (χ4v) is 1.69. The molecule has 0 fully saturated rings. The average Bonchev–Trinajstić information content (AvgIpc) is 2.53. The van der Waals surface area contributed by atoms with Gasteiger partial charge in [0.15, 0.2) is 0 Å². The molecule has 0 unspecified atom stereocenters. The standard InChI is InChI=1S/C12H11F16N/c13-5(14)9(21,22)11(25,26)7(17,18)1-3-29-4-2-8(19,20)12(27,28)10(23,24)6(15)16/h5-6,29H,1-4H2. The summed E-state index contributed by atoms with van der Waals surface area (Å²) >= 11 is 0. The molecular formula is C12H11F16N. The van der Waals surface area contributed by atoms with Gasteiger partial charge < -0.3 is 5.32 Å². The maximum absolute atomic E-state index is 13.1. The fourth-order valence-electron chi connectivity index (χ4n) is 1.69. The lowest BCUT2D eigenvalue weighted by Gasteiger charge is -2.33. The van der Waals surface area contributed by atoms with Gasteiger partial charge in [-0.3, -0.25) is 0 Å². The van der Waals surface area contributed by atoms with Gasteiger partial charge in [-0.2, -0.15) is 52.7 Å². The van der Waals surface area contributed by atoms with Crippen LogP contribution in [-0.4, -0.2) is 61.5 Å². The molecule has 1 N–H and O–H groups in total. The van der Waals surface area contributed by atoms with Crippen molar-refractivity contribution in [2.45, 2.75) is 61.2 Å².